The van der Waals surface area contributed by atoms with Crippen LogP contribution in [0.2, 0.25) is 5.02 Å². The van der Waals surface area contributed by atoms with E-state index in [4.69, 9.17) is 16.3 Å². The summed E-state index contributed by atoms with van der Waals surface area (Å²) in [4.78, 5) is 37.2. The van der Waals surface area contributed by atoms with Crippen molar-refractivity contribution in [3.63, 3.8) is 0 Å². The number of carbonyl (C=O) groups is 3. The van der Waals surface area contributed by atoms with Crippen LogP contribution in [-0.2, 0) is 14.4 Å². The van der Waals surface area contributed by atoms with Crippen molar-refractivity contribution in [1.82, 2.24) is 0 Å². The van der Waals surface area contributed by atoms with Gasteiger partial charge in [-0.1, -0.05) is 23.7 Å². The molecule has 0 saturated carbocycles. The minimum Gasteiger partial charge on any atom is -0.476 e. The number of ether oxygens (including phenoxy) is 1. The van der Waals surface area contributed by atoms with Crippen LogP contribution in [-0.4, -0.2) is 30.4 Å². The minimum atomic E-state index is -0.863. The van der Waals surface area contributed by atoms with Crippen molar-refractivity contribution in [2.75, 3.05) is 22.1 Å². The highest BCUT2D eigenvalue weighted by molar-refractivity contribution is 6.34. The Kier molecular flexibility index (Phi) is 5.32. The van der Waals surface area contributed by atoms with Crippen LogP contribution in [0, 0.1) is 0 Å². The van der Waals surface area contributed by atoms with Crippen molar-refractivity contribution in [3.05, 3.63) is 47.5 Å². The molecular formula is C19H18ClN3O4. The fraction of sp³-hybridized carbons (Fsp3) is 0.211. The molecule has 0 bridgehead atoms. The average Bonchev–Trinajstić information content (AvgIpc) is 2.62. The molecule has 2 aromatic carbocycles. The highest BCUT2D eigenvalue weighted by Gasteiger charge is 2.32. The van der Waals surface area contributed by atoms with Gasteiger partial charge in [0, 0.05) is 19.5 Å². The van der Waals surface area contributed by atoms with Gasteiger partial charge in [-0.25, -0.2) is 0 Å². The lowest BCUT2D eigenvalue weighted by molar-refractivity contribution is -0.123. The van der Waals surface area contributed by atoms with E-state index >= 15 is 0 Å². The number of nitrogens with one attached hydrogen (secondary N) is 2. The zero-order chi connectivity index (χ0) is 19.6. The first-order valence-corrected chi connectivity index (χ1v) is 8.64. The number of hydrogen-bond acceptors (Lipinski definition) is 4. The summed E-state index contributed by atoms with van der Waals surface area (Å²) in [6.07, 6.45) is -0.863. The normalized spacial score (nSPS) is 15.4. The summed E-state index contributed by atoms with van der Waals surface area (Å²) in [7, 11) is 0. The second-order valence-corrected chi connectivity index (χ2v) is 6.48. The van der Waals surface area contributed by atoms with Gasteiger partial charge < -0.3 is 20.3 Å². The summed E-state index contributed by atoms with van der Waals surface area (Å²) in [5.41, 5.74) is 1.54. The van der Waals surface area contributed by atoms with E-state index in [1.165, 1.54) is 24.8 Å². The lowest BCUT2D eigenvalue weighted by Gasteiger charge is -2.33. The monoisotopic (exact) mass is 387 g/mol. The van der Waals surface area contributed by atoms with Crippen molar-refractivity contribution in [1.29, 1.82) is 0 Å². The highest BCUT2D eigenvalue weighted by atomic mass is 35.5. The van der Waals surface area contributed by atoms with Crippen LogP contribution >= 0.6 is 11.6 Å². The third kappa shape index (κ3) is 4.20. The molecular weight excluding hydrogens is 370 g/mol. The maximum Gasteiger partial charge on any atom is 0.267 e. The summed E-state index contributed by atoms with van der Waals surface area (Å²) in [5.74, 6) is -0.351. The fourth-order valence-electron chi connectivity index (χ4n) is 2.78. The standard InChI is InChI=1S/C19H18ClN3O4/c1-11(24)21-15-8-7-13(9-14(15)20)22-19(26)18-10-23(12(2)25)16-5-3-4-6-17(16)27-18/h3-9,18H,10H2,1-2H3,(H,21,24)(H,22,26). The number of rotatable bonds is 3. The Morgan fingerprint density at radius 3 is 2.52 bits per heavy atom. The van der Waals surface area contributed by atoms with E-state index in [9.17, 15) is 14.4 Å². The van der Waals surface area contributed by atoms with E-state index in [2.05, 4.69) is 10.6 Å². The van der Waals surface area contributed by atoms with E-state index in [0.717, 1.165) is 0 Å². The van der Waals surface area contributed by atoms with Gasteiger partial charge in [0.1, 0.15) is 5.75 Å². The second kappa shape index (κ2) is 7.67. The van der Waals surface area contributed by atoms with E-state index < -0.39 is 12.0 Å². The number of anilines is 3. The molecule has 1 atom stereocenters. The molecule has 0 spiro atoms. The van der Waals surface area contributed by atoms with Crippen LogP contribution in [0.15, 0.2) is 42.5 Å². The predicted octanol–water partition coefficient (Wildman–Crippen LogP) is 3.05. The molecule has 27 heavy (non-hydrogen) atoms. The molecule has 3 rings (SSSR count). The van der Waals surface area contributed by atoms with Crippen LogP contribution in [0.3, 0.4) is 0 Å². The molecule has 3 amide bonds. The smallest absolute Gasteiger partial charge is 0.267 e. The molecule has 1 unspecified atom stereocenters. The SMILES string of the molecule is CC(=O)Nc1ccc(NC(=O)C2CN(C(C)=O)c3ccccc3O2)cc1Cl. The van der Waals surface area contributed by atoms with Crippen LogP contribution < -0.4 is 20.3 Å². The Morgan fingerprint density at radius 2 is 1.85 bits per heavy atom. The fourth-order valence-corrected chi connectivity index (χ4v) is 3.00. The van der Waals surface area contributed by atoms with Gasteiger partial charge in [0.15, 0.2) is 6.10 Å². The summed E-state index contributed by atoms with van der Waals surface area (Å²) in [5, 5.41) is 5.61. The molecule has 1 aliphatic rings. The molecule has 7 nitrogen and oxygen atoms in total. The van der Waals surface area contributed by atoms with E-state index in [-0.39, 0.29) is 18.4 Å². The molecule has 0 aliphatic carbocycles. The number of nitrogens with zero attached hydrogens (tertiary/aromatic N) is 1. The first-order valence-electron chi connectivity index (χ1n) is 8.27. The number of fused-ring (bicyclic) bond motifs is 1. The average molecular weight is 388 g/mol. The molecule has 2 aromatic rings. The van der Waals surface area contributed by atoms with Gasteiger partial charge in [-0.3, -0.25) is 14.4 Å². The van der Waals surface area contributed by atoms with Crippen molar-refractivity contribution in [2.45, 2.75) is 20.0 Å². The number of hydrogen-bond donors (Lipinski definition) is 2. The molecule has 1 heterocycles. The third-order valence-electron chi connectivity index (χ3n) is 3.99. The molecule has 0 fully saturated rings. The quantitative estimate of drug-likeness (QED) is 0.847. The molecule has 140 valence electrons. The molecule has 0 saturated heterocycles. The van der Waals surface area contributed by atoms with Gasteiger partial charge in [0.25, 0.3) is 5.91 Å². The molecule has 8 heteroatoms. The Balaban J connectivity index is 1.76. The first-order chi connectivity index (χ1) is 12.8. The number of amides is 3. The number of benzene rings is 2. The largest absolute Gasteiger partial charge is 0.476 e. The van der Waals surface area contributed by atoms with Gasteiger partial charge in [-0.15, -0.1) is 0 Å². The van der Waals surface area contributed by atoms with Gasteiger partial charge in [-0.05, 0) is 30.3 Å². The molecule has 2 N–H and O–H groups in total. The Morgan fingerprint density at radius 1 is 1.11 bits per heavy atom. The van der Waals surface area contributed by atoms with Crippen molar-refractivity contribution in [2.24, 2.45) is 0 Å². The van der Waals surface area contributed by atoms with Gasteiger partial charge in [0.2, 0.25) is 11.8 Å². The second-order valence-electron chi connectivity index (χ2n) is 6.07. The number of para-hydroxylation sites is 2. The zero-order valence-corrected chi connectivity index (χ0v) is 15.5. The first kappa shape index (κ1) is 18.7. The van der Waals surface area contributed by atoms with Gasteiger partial charge >= 0.3 is 0 Å². The lowest BCUT2D eigenvalue weighted by atomic mass is 10.1. The summed E-state index contributed by atoms with van der Waals surface area (Å²) in [6.45, 7) is 2.93. The predicted molar refractivity (Wildman–Crippen MR) is 103 cm³/mol. The Bertz CT molecular complexity index is 916. The van der Waals surface area contributed by atoms with Crippen LogP contribution in [0.5, 0.6) is 5.75 Å². The van der Waals surface area contributed by atoms with Crippen molar-refractivity contribution >= 4 is 46.4 Å². The third-order valence-corrected chi connectivity index (χ3v) is 4.31. The Labute approximate surface area is 161 Å². The summed E-state index contributed by atoms with van der Waals surface area (Å²) in [6, 6.07) is 11.8. The van der Waals surface area contributed by atoms with Crippen LogP contribution in [0.4, 0.5) is 17.1 Å². The number of carbonyl (C=O) groups excluding carboxylic acids is 3. The zero-order valence-electron chi connectivity index (χ0n) is 14.8. The Hall–Kier alpha value is -3.06. The van der Waals surface area contributed by atoms with Gasteiger partial charge in [0.05, 0.1) is 22.9 Å². The number of halogens is 1. The highest BCUT2D eigenvalue weighted by Crippen LogP contribution is 2.33. The van der Waals surface area contributed by atoms with E-state index in [1.54, 1.807) is 36.4 Å². The minimum absolute atomic E-state index is 0.107. The topological polar surface area (TPSA) is 87.7 Å². The maximum absolute atomic E-state index is 12.6. The lowest BCUT2D eigenvalue weighted by Crippen LogP contribution is -2.48. The van der Waals surface area contributed by atoms with Crippen molar-refractivity contribution in [3.8, 4) is 5.75 Å². The van der Waals surface area contributed by atoms with Gasteiger partial charge in [-0.2, -0.15) is 0 Å². The van der Waals surface area contributed by atoms with E-state index in [0.29, 0.717) is 27.8 Å². The summed E-state index contributed by atoms with van der Waals surface area (Å²) >= 11 is 6.12. The maximum atomic E-state index is 12.6. The molecule has 1 aliphatic heterocycles. The molecule has 0 radical (unpaired) electrons. The summed E-state index contributed by atoms with van der Waals surface area (Å²) < 4.78 is 5.76. The van der Waals surface area contributed by atoms with Crippen molar-refractivity contribution < 1.29 is 19.1 Å². The van der Waals surface area contributed by atoms with E-state index in [1.807, 2.05) is 0 Å². The van der Waals surface area contributed by atoms with Crippen LogP contribution in [0.1, 0.15) is 13.8 Å². The molecule has 0 aromatic heterocycles. The van der Waals surface area contributed by atoms with Crippen LogP contribution in [0.25, 0.3) is 0 Å².